The second kappa shape index (κ2) is 7.23. The summed E-state index contributed by atoms with van der Waals surface area (Å²) in [6.45, 7) is 4.24. The molecule has 0 atom stereocenters. The van der Waals surface area contributed by atoms with Gasteiger partial charge in [-0.25, -0.2) is 8.91 Å². The molecule has 2 heterocycles. The summed E-state index contributed by atoms with van der Waals surface area (Å²) in [5, 5.41) is 5.84. The highest BCUT2D eigenvalue weighted by Crippen LogP contribution is 2.35. The Morgan fingerprint density at radius 1 is 1.16 bits per heavy atom. The van der Waals surface area contributed by atoms with E-state index in [1.54, 1.807) is 30.0 Å². The van der Waals surface area contributed by atoms with Gasteiger partial charge in [0.2, 0.25) is 0 Å². The van der Waals surface area contributed by atoms with Crippen LogP contribution in [0.4, 0.5) is 4.39 Å². The van der Waals surface area contributed by atoms with E-state index < -0.39 is 0 Å². The Kier molecular flexibility index (Phi) is 5.04. The van der Waals surface area contributed by atoms with Gasteiger partial charge in [0, 0.05) is 11.1 Å². The first-order chi connectivity index (χ1) is 12.1. The Balaban J connectivity index is 2.41. The van der Waals surface area contributed by atoms with Crippen LogP contribution in [0.2, 0.25) is 0 Å². The van der Waals surface area contributed by atoms with Crippen molar-refractivity contribution < 1.29 is 9.18 Å². The average Bonchev–Trinajstić information content (AvgIpc) is 3.01. The summed E-state index contributed by atoms with van der Waals surface area (Å²) in [6, 6.07) is 10.4. The maximum Gasteiger partial charge on any atom is 0.142 e. The molecule has 25 heavy (non-hydrogen) atoms. The van der Waals surface area contributed by atoms with E-state index >= 15 is 0 Å². The van der Waals surface area contributed by atoms with Gasteiger partial charge in [-0.05, 0) is 66.3 Å². The number of benzene rings is 1. The van der Waals surface area contributed by atoms with Gasteiger partial charge in [-0.1, -0.05) is 13.8 Å². The average molecular weight is 354 g/mol. The summed E-state index contributed by atoms with van der Waals surface area (Å²) in [5.41, 5.74) is 4.59. The molecule has 0 N–H and O–H groups in total. The molecule has 0 aliphatic rings. The zero-order valence-corrected chi connectivity index (χ0v) is 15.2. The molecule has 0 fully saturated rings. The number of carbonyl (C=O) groups excluding carboxylic acids is 1. The number of hydrogen-bond acceptors (Lipinski definition) is 3. The number of hydrogen-bond donors (Lipinski definition) is 0. The van der Waals surface area contributed by atoms with Crippen molar-refractivity contribution in [3.8, 4) is 11.3 Å². The molecule has 0 unspecified atom stereocenters. The number of halogens is 1. The summed E-state index contributed by atoms with van der Waals surface area (Å²) >= 11 is 1.62. The predicted octanol–water partition coefficient (Wildman–Crippen LogP) is 5.20. The maximum atomic E-state index is 13.3. The molecule has 3 nitrogen and oxygen atoms in total. The fourth-order valence-electron chi connectivity index (χ4n) is 3.02. The number of thioether (sulfide) groups is 1. The molecule has 2 aromatic heterocycles. The van der Waals surface area contributed by atoms with Crippen molar-refractivity contribution in [3.63, 3.8) is 0 Å². The largest absolute Gasteiger partial charge is 0.299 e. The van der Waals surface area contributed by atoms with Crippen molar-refractivity contribution in [2.75, 3.05) is 6.26 Å². The summed E-state index contributed by atoms with van der Waals surface area (Å²) in [6.07, 6.45) is 6.04. The van der Waals surface area contributed by atoms with Crippen LogP contribution in [0.1, 0.15) is 30.9 Å². The quantitative estimate of drug-likeness (QED) is 0.359. The van der Waals surface area contributed by atoms with Crippen molar-refractivity contribution in [1.82, 2.24) is 9.61 Å². The van der Waals surface area contributed by atoms with Crippen molar-refractivity contribution >= 4 is 29.6 Å². The van der Waals surface area contributed by atoms with E-state index in [1.807, 2.05) is 16.8 Å². The van der Waals surface area contributed by atoms with Crippen molar-refractivity contribution in [3.05, 3.63) is 59.4 Å². The highest BCUT2D eigenvalue weighted by Gasteiger charge is 2.19. The lowest BCUT2D eigenvalue weighted by atomic mass is 9.93. The Morgan fingerprint density at radius 3 is 2.48 bits per heavy atom. The van der Waals surface area contributed by atoms with E-state index in [-0.39, 0.29) is 11.7 Å². The zero-order chi connectivity index (χ0) is 18.0. The van der Waals surface area contributed by atoms with Crippen LogP contribution in [0.25, 0.3) is 22.9 Å². The minimum atomic E-state index is -0.287. The Labute approximate surface area is 150 Å². The molecule has 0 spiro atoms. The van der Waals surface area contributed by atoms with Gasteiger partial charge >= 0.3 is 0 Å². The van der Waals surface area contributed by atoms with Gasteiger partial charge < -0.3 is 0 Å². The Morgan fingerprint density at radius 2 is 1.88 bits per heavy atom. The van der Waals surface area contributed by atoms with Gasteiger partial charge in [0.1, 0.15) is 12.1 Å². The minimum absolute atomic E-state index is 0.237. The van der Waals surface area contributed by atoms with Gasteiger partial charge in [0.05, 0.1) is 16.2 Å². The van der Waals surface area contributed by atoms with Gasteiger partial charge in [-0.15, -0.1) is 11.8 Å². The predicted molar refractivity (Wildman–Crippen MR) is 102 cm³/mol. The van der Waals surface area contributed by atoms with Gasteiger partial charge in [0.25, 0.3) is 0 Å². The number of fused-ring (bicyclic) bond motifs is 1. The standard InChI is InChI=1S/C20H19FN2OS/c1-13(2)19-16(5-4-12-24)20(14-6-8-15(21)9-7-14)22-23-17(19)10-11-18(23)25-3/h4-13H,1-3H3/b5-4+. The van der Waals surface area contributed by atoms with Crippen LogP contribution in [0.3, 0.4) is 0 Å². The number of aldehydes is 1. The summed E-state index contributed by atoms with van der Waals surface area (Å²) in [5.74, 6) is -0.0507. The number of rotatable bonds is 5. The van der Waals surface area contributed by atoms with Crippen LogP contribution in [0, 0.1) is 5.82 Å². The lowest BCUT2D eigenvalue weighted by molar-refractivity contribution is -0.104. The molecule has 0 aliphatic carbocycles. The summed E-state index contributed by atoms with van der Waals surface area (Å²) in [4.78, 5) is 10.9. The number of carbonyl (C=O) groups is 1. The third-order valence-corrected chi connectivity index (χ3v) is 4.81. The third-order valence-electron chi connectivity index (χ3n) is 4.09. The van der Waals surface area contributed by atoms with E-state index in [1.165, 1.54) is 18.2 Å². The van der Waals surface area contributed by atoms with E-state index in [2.05, 4.69) is 19.9 Å². The van der Waals surface area contributed by atoms with Crippen LogP contribution in [-0.4, -0.2) is 22.2 Å². The molecule has 128 valence electrons. The van der Waals surface area contributed by atoms with E-state index in [0.717, 1.165) is 39.2 Å². The third kappa shape index (κ3) is 3.24. The minimum Gasteiger partial charge on any atom is -0.299 e. The molecule has 0 radical (unpaired) electrons. The molecule has 3 rings (SSSR count). The molecule has 0 saturated carbocycles. The van der Waals surface area contributed by atoms with E-state index in [4.69, 9.17) is 5.10 Å². The van der Waals surface area contributed by atoms with Crippen LogP contribution in [0.5, 0.6) is 0 Å². The fourth-order valence-corrected chi connectivity index (χ4v) is 3.54. The van der Waals surface area contributed by atoms with Crippen molar-refractivity contribution in [1.29, 1.82) is 0 Å². The molecular formula is C20H19FN2OS. The molecule has 0 amide bonds. The zero-order valence-electron chi connectivity index (χ0n) is 14.4. The second-order valence-corrected chi connectivity index (χ2v) is 6.83. The lowest BCUT2D eigenvalue weighted by Gasteiger charge is -2.17. The van der Waals surface area contributed by atoms with Crippen LogP contribution >= 0.6 is 11.8 Å². The van der Waals surface area contributed by atoms with E-state index in [0.29, 0.717) is 0 Å². The lowest BCUT2D eigenvalue weighted by Crippen LogP contribution is -2.05. The number of aromatic nitrogens is 2. The molecule has 0 aliphatic heterocycles. The van der Waals surface area contributed by atoms with Crippen LogP contribution in [-0.2, 0) is 4.79 Å². The highest BCUT2D eigenvalue weighted by molar-refractivity contribution is 7.98. The number of nitrogens with zero attached hydrogens (tertiary/aromatic N) is 2. The molecule has 5 heteroatoms. The molecule has 1 aromatic carbocycles. The fraction of sp³-hybridized carbons (Fsp3) is 0.200. The van der Waals surface area contributed by atoms with Gasteiger partial charge in [0.15, 0.2) is 0 Å². The Hall–Kier alpha value is -2.40. The maximum absolute atomic E-state index is 13.3. The summed E-state index contributed by atoms with van der Waals surface area (Å²) in [7, 11) is 0. The molecule has 3 aromatic rings. The first kappa shape index (κ1) is 17.4. The highest BCUT2D eigenvalue weighted by atomic mass is 32.2. The van der Waals surface area contributed by atoms with Crippen LogP contribution in [0.15, 0.2) is 47.5 Å². The molecule has 0 saturated heterocycles. The van der Waals surface area contributed by atoms with Crippen molar-refractivity contribution in [2.24, 2.45) is 0 Å². The van der Waals surface area contributed by atoms with Crippen molar-refractivity contribution in [2.45, 2.75) is 24.8 Å². The van der Waals surface area contributed by atoms with Gasteiger partial charge in [-0.3, -0.25) is 4.79 Å². The number of allylic oxidation sites excluding steroid dienone is 1. The first-order valence-electron chi connectivity index (χ1n) is 8.04. The summed E-state index contributed by atoms with van der Waals surface area (Å²) < 4.78 is 15.3. The smallest absolute Gasteiger partial charge is 0.142 e. The van der Waals surface area contributed by atoms with Crippen LogP contribution < -0.4 is 0 Å². The Bertz CT molecular complexity index is 942. The van der Waals surface area contributed by atoms with E-state index in [9.17, 15) is 9.18 Å². The second-order valence-electron chi connectivity index (χ2n) is 6.01. The first-order valence-corrected chi connectivity index (χ1v) is 9.26. The van der Waals surface area contributed by atoms with Gasteiger partial charge in [-0.2, -0.15) is 5.10 Å². The monoisotopic (exact) mass is 354 g/mol. The normalized spacial score (nSPS) is 11.7. The topological polar surface area (TPSA) is 34.4 Å². The molecule has 0 bridgehead atoms. The molecular weight excluding hydrogens is 335 g/mol. The SMILES string of the molecule is CSc1ccc2c(C(C)C)c(/C=C/C=O)c(-c3ccc(F)cc3)nn12.